The van der Waals surface area contributed by atoms with Crippen LogP contribution in [-0.4, -0.2) is 20.7 Å². The van der Waals surface area contributed by atoms with E-state index in [1.165, 1.54) is 10.6 Å². The van der Waals surface area contributed by atoms with Crippen LogP contribution in [0.25, 0.3) is 16.6 Å². The summed E-state index contributed by atoms with van der Waals surface area (Å²) < 4.78 is 15.3. The Morgan fingerprint density at radius 2 is 2.00 bits per heavy atom. The number of halogens is 1. The van der Waals surface area contributed by atoms with E-state index in [4.69, 9.17) is 5.73 Å². The first-order valence-corrected chi connectivity index (χ1v) is 8.50. The summed E-state index contributed by atoms with van der Waals surface area (Å²) in [5.41, 5.74) is 6.35. The van der Waals surface area contributed by atoms with Gasteiger partial charge in [-0.3, -0.25) is 14.2 Å². The maximum atomic E-state index is 14.0. The standard InChI is InChI=1S/C18H16FN3O2S/c1-10-7-8-12(9-14(10)19)22-17(24)13-5-3-4-6-15(13)21-18(22)25-11(2)16(20)23/h3-9,11H,1-2H3,(H2,20,23). The molecule has 0 saturated heterocycles. The molecule has 1 unspecified atom stereocenters. The molecule has 3 rings (SSSR count). The van der Waals surface area contributed by atoms with Gasteiger partial charge in [-0.25, -0.2) is 9.37 Å². The zero-order valence-electron chi connectivity index (χ0n) is 13.7. The van der Waals surface area contributed by atoms with Crippen molar-refractivity contribution in [1.82, 2.24) is 9.55 Å². The molecule has 128 valence electrons. The summed E-state index contributed by atoms with van der Waals surface area (Å²) in [7, 11) is 0. The zero-order valence-corrected chi connectivity index (χ0v) is 14.5. The highest BCUT2D eigenvalue weighted by atomic mass is 32.2. The number of fused-ring (bicyclic) bond motifs is 1. The van der Waals surface area contributed by atoms with E-state index >= 15 is 0 Å². The molecule has 1 atom stereocenters. The Morgan fingerprint density at radius 3 is 2.68 bits per heavy atom. The lowest BCUT2D eigenvalue weighted by atomic mass is 10.2. The lowest BCUT2D eigenvalue weighted by Crippen LogP contribution is -2.26. The average Bonchev–Trinajstić information content (AvgIpc) is 2.58. The molecule has 3 aromatic rings. The molecule has 5 nitrogen and oxygen atoms in total. The van der Waals surface area contributed by atoms with Crippen LogP contribution in [0.1, 0.15) is 12.5 Å². The highest BCUT2D eigenvalue weighted by Crippen LogP contribution is 2.25. The molecular weight excluding hydrogens is 341 g/mol. The first kappa shape index (κ1) is 17.2. The number of aryl methyl sites for hydroxylation is 1. The maximum Gasteiger partial charge on any atom is 0.266 e. The van der Waals surface area contributed by atoms with Crippen molar-refractivity contribution >= 4 is 28.6 Å². The van der Waals surface area contributed by atoms with Crippen molar-refractivity contribution in [2.75, 3.05) is 0 Å². The number of thioether (sulfide) groups is 1. The van der Waals surface area contributed by atoms with Crippen molar-refractivity contribution in [3.8, 4) is 5.69 Å². The Kier molecular flexibility index (Phi) is 4.59. The Bertz CT molecular complexity index is 1030. The Hall–Kier alpha value is -2.67. The summed E-state index contributed by atoms with van der Waals surface area (Å²) in [6.07, 6.45) is 0. The number of nitrogens with zero attached hydrogens (tertiary/aromatic N) is 2. The minimum atomic E-state index is -0.588. The lowest BCUT2D eigenvalue weighted by molar-refractivity contribution is -0.117. The molecule has 1 amide bonds. The summed E-state index contributed by atoms with van der Waals surface area (Å²) in [6.45, 7) is 3.28. The second kappa shape index (κ2) is 6.68. The minimum Gasteiger partial charge on any atom is -0.369 e. The SMILES string of the molecule is Cc1ccc(-n2c(SC(C)C(N)=O)nc3ccccc3c2=O)cc1F. The summed E-state index contributed by atoms with van der Waals surface area (Å²) in [5, 5.41) is 0.118. The second-order valence-electron chi connectivity index (χ2n) is 5.65. The topological polar surface area (TPSA) is 78.0 Å². The van der Waals surface area contributed by atoms with Crippen LogP contribution in [0.5, 0.6) is 0 Å². The summed E-state index contributed by atoms with van der Waals surface area (Å²) in [4.78, 5) is 28.9. The molecule has 0 fully saturated rings. The Balaban J connectivity index is 2.29. The fourth-order valence-electron chi connectivity index (χ4n) is 2.36. The largest absolute Gasteiger partial charge is 0.369 e. The third kappa shape index (κ3) is 3.28. The number of rotatable bonds is 4. The first-order valence-electron chi connectivity index (χ1n) is 7.63. The highest BCUT2D eigenvalue weighted by Gasteiger charge is 2.19. The van der Waals surface area contributed by atoms with E-state index in [0.717, 1.165) is 11.8 Å². The summed E-state index contributed by atoms with van der Waals surface area (Å²) in [5.74, 6) is -0.939. The lowest BCUT2D eigenvalue weighted by Gasteiger charge is -2.15. The van der Waals surface area contributed by atoms with Crippen LogP contribution in [0.15, 0.2) is 52.4 Å². The Morgan fingerprint density at radius 1 is 1.28 bits per heavy atom. The number of hydrogen-bond acceptors (Lipinski definition) is 4. The van der Waals surface area contributed by atoms with Crippen LogP contribution in [-0.2, 0) is 4.79 Å². The quantitative estimate of drug-likeness (QED) is 0.575. The molecule has 7 heteroatoms. The third-order valence-electron chi connectivity index (χ3n) is 3.84. The van der Waals surface area contributed by atoms with Gasteiger partial charge in [0.1, 0.15) is 5.82 Å². The van der Waals surface area contributed by atoms with Gasteiger partial charge in [0.15, 0.2) is 5.16 Å². The van der Waals surface area contributed by atoms with Crippen LogP contribution in [0.4, 0.5) is 4.39 Å². The molecule has 2 N–H and O–H groups in total. The number of carbonyl (C=O) groups is 1. The van der Waals surface area contributed by atoms with Crippen LogP contribution in [0.3, 0.4) is 0 Å². The van der Waals surface area contributed by atoms with Crippen LogP contribution >= 0.6 is 11.8 Å². The van der Waals surface area contributed by atoms with Crippen molar-refractivity contribution in [2.45, 2.75) is 24.3 Å². The number of hydrogen-bond donors (Lipinski definition) is 1. The smallest absolute Gasteiger partial charge is 0.266 e. The number of para-hydroxylation sites is 1. The molecule has 0 saturated carbocycles. The molecule has 2 aromatic carbocycles. The fourth-order valence-corrected chi connectivity index (χ4v) is 3.23. The summed E-state index contributed by atoms with van der Waals surface area (Å²) >= 11 is 1.07. The van der Waals surface area contributed by atoms with Gasteiger partial charge in [-0.1, -0.05) is 30.0 Å². The van der Waals surface area contributed by atoms with E-state index < -0.39 is 17.0 Å². The molecule has 0 bridgehead atoms. The molecular formula is C18H16FN3O2S. The number of benzene rings is 2. The third-order valence-corrected chi connectivity index (χ3v) is 4.91. The van der Waals surface area contributed by atoms with Crippen LogP contribution in [0.2, 0.25) is 0 Å². The van der Waals surface area contributed by atoms with Gasteiger partial charge in [0.05, 0.1) is 21.8 Å². The monoisotopic (exact) mass is 357 g/mol. The van der Waals surface area contributed by atoms with E-state index in [0.29, 0.717) is 27.3 Å². The minimum absolute atomic E-state index is 0.290. The normalized spacial score (nSPS) is 12.3. The number of amides is 1. The van der Waals surface area contributed by atoms with Gasteiger partial charge < -0.3 is 5.73 Å². The van der Waals surface area contributed by atoms with Gasteiger partial charge >= 0.3 is 0 Å². The maximum absolute atomic E-state index is 14.0. The molecule has 0 aliphatic heterocycles. The van der Waals surface area contributed by atoms with Gasteiger partial charge in [0, 0.05) is 0 Å². The van der Waals surface area contributed by atoms with Crippen LogP contribution < -0.4 is 11.3 Å². The van der Waals surface area contributed by atoms with Crippen molar-refractivity contribution in [1.29, 1.82) is 0 Å². The van der Waals surface area contributed by atoms with Crippen LogP contribution in [0, 0.1) is 12.7 Å². The Labute approximate surface area is 147 Å². The summed E-state index contributed by atoms with van der Waals surface area (Å²) in [6, 6.07) is 11.4. The van der Waals surface area contributed by atoms with Gasteiger partial charge in [0.2, 0.25) is 5.91 Å². The average molecular weight is 357 g/mol. The molecule has 1 heterocycles. The number of primary amides is 1. The van der Waals surface area contributed by atoms with Crippen molar-refractivity contribution in [3.63, 3.8) is 0 Å². The van der Waals surface area contributed by atoms with Gasteiger partial charge in [-0.2, -0.15) is 0 Å². The van der Waals surface area contributed by atoms with Gasteiger partial charge in [0.25, 0.3) is 5.56 Å². The number of nitrogens with two attached hydrogens (primary N) is 1. The molecule has 25 heavy (non-hydrogen) atoms. The van der Waals surface area contributed by atoms with Crippen molar-refractivity contribution in [3.05, 3.63) is 64.2 Å². The molecule has 0 spiro atoms. The zero-order chi connectivity index (χ0) is 18.1. The fraction of sp³-hybridized carbons (Fsp3) is 0.167. The van der Waals surface area contributed by atoms with Crippen molar-refractivity contribution < 1.29 is 9.18 Å². The first-order chi connectivity index (χ1) is 11.9. The molecule has 0 radical (unpaired) electrons. The highest BCUT2D eigenvalue weighted by molar-refractivity contribution is 8.00. The van der Waals surface area contributed by atoms with E-state index in [1.54, 1.807) is 50.2 Å². The van der Waals surface area contributed by atoms with Crippen molar-refractivity contribution in [2.24, 2.45) is 5.73 Å². The van der Waals surface area contributed by atoms with E-state index in [2.05, 4.69) is 4.98 Å². The predicted octanol–water partition coefficient (Wildman–Crippen LogP) is 2.80. The van der Waals surface area contributed by atoms with E-state index in [9.17, 15) is 14.0 Å². The number of aromatic nitrogens is 2. The molecule has 1 aromatic heterocycles. The predicted molar refractivity (Wildman–Crippen MR) is 96.5 cm³/mol. The van der Waals surface area contributed by atoms with Gasteiger partial charge in [-0.15, -0.1) is 0 Å². The second-order valence-corrected chi connectivity index (χ2v) is 6.96. The molecule has 0 aliphatic carbocycles. The molecule has 0 aliphatic rings. The van der Waals surface area contributed by atoms with Gasteiger partial charge in [-0.05, 0) is 43.7 Å². The van der Waals surface area contributed by atoms with E-state index in [1.807, 2.05) is 0 Å². The number of carbonyl (C=O) groups excluding carboxylic acids is 1. The van der Waals surface area contributed by atoms with E-state index in [-0.39, 0.29) is 5.56 Å².